The Hall–Kier alpha value is -2.50. The van der Waals surface area contributed by atoms with Crippen LogP contribution in [0.25, 0.3) is 11.0 Å². The molecule has 0 spiro atoms. The van der Waals surface area contributed by atoms with Gasteiger partial charge in [-0.3, -0.25) is 4.79 Å². The molecule has 6 nitrogen and oxygen atoms in total. The highest BCUT2D eigenvalue weighted by Gasteiger charge is 2.37. The van der Waals surface area contributed by atoms with E-state index in [0.29, 0.717) is 11.8 Å². The Morgan fingerprint density at radius 1 is 1.43 bits per heavy atom. The number of hydrogen-bond acceptors (Lipinski definition) is 4. The minimum atomic E-state index is -0.174. The number of fused-ring (bicyclic) bond motifs is 2. The van der Waals surface area contributed by atoms with Crippen LogP contribution in [0, 0.1) is 11.8 Å². The number of rotatable bonds is 3. The summed E-state index contributed by atoms with van der Waals surface area (Å²) in [4.78, 5) is 12.0. The minimum Gasteiger partial charge on any atom is -0.271 e. The maximum atomic E-state index is 12.0. The van der Waals surface area contributed by atoms with Crippen LogP contribution in [0.4, 0.5) is 0 Å². The molecule has 1 saturated carbocycles. The van der Waals surface area contributed by atoms with Gasteiger partial charge in [-0.1, -0.05) is 29.5 Å². The van der Waals surface area contributed by atoms with Gasteiger partial charge in [0.1, 0.15) is 12.1 Å². The predicted octanol–water partition coefficient (Wildman–Crippen LogP) is 1.50. The van der Waals surface area contributed by atoms with Crippen molar-refractivity contribution in [3.8, 4) is 0 Å². The molecule has 106 valence electrons. The van der Waals surface area contributed by atoms with Crippen molar-refractivity contribution >= 4 is 22.7 Å². The van der Waals surface area contributed by atoms with Gasteiger partial charge in [0.15, 0.2) is 0 Å². The second-order valence-corrected chi connectivity index (χ2v) is 5.51. The van der Waals surface area contributed by atoms with E-state index >= 15 is 0 Å². The van der Waals surface area contributed by atoms with Crippen molar-refractivity contribution in [3.63, 3.8) is 0 Å². The quantitative estimate of drug-likeness (QED) is 0.684. The number of para-hydroxylation sites is 1. The lowest BCUT2D eigenvalue weighted by atomic mass is 9.74. The van der Waals surface area contributed by atoms with E-state index in [1.807, 2.05) is 24.3 Å². The van der Waals surface area contributed by atoms with E-state index in [2.05, 4.69) is 33.0 Å². The molecule has 1 amide bonds. The molecule has 0 saturated heterocycles. The minimum absolute atomic E-state index is 0.129. The summed E-state index contributed by atoms with van der Waals surface area (Å²) in [5.41, 5.74) is 5.37. The molecule has 1 aromatic carbocycles. The zero-order valence-corrected chi connectivity index (χ0v) is 11.4. The summed E-state index contributed by atoms with van der Waals surface area (Å²) in [7, 11) is 0. The van der Waals surface area contributed by atoms with Gasteiger partial charge in [0.25, 0.3) is 5.91 Å². The van der Waals surface area contributed by atoms with Crippen molar-refractivity contribution in [2.24, 2.45) is 16.9 Å². The van der Waals surface area contributed by atoms with Crippen molar-refractivity contribution in [3.05, 3.63) is 36.4 Å². The van der Waals surface area contributed by atoms with Gasteiger partial charge in [0.2, 0.25) is 0 Å². The molecule has 2 aliphatic rings. The second-order valence-electron chi connectivity index (χ2n) is 5.51. The number of amides is 1. The topological polar surface area (TPSA) is 72.2 Å². The smallest absolute Gasteiger partial charge is 0.261 e. The van der Waals surface area contributed by atoms with Gasteiger partial charge in [-0.2, -0.15) is 5.10 Å². The van der Waals surface area contributed by atoms with Crippen LogP contribution in [-0.2, 0) is 11.3 Å². The molecule has 2 aromatic rings. The Morgan fingerprint density at radius 2 is 2.33 bits per heavy atom. The molecular formula is C15H15N5O. The predicted molar refractivity (Wildman–Crippen MR) is 78.5 cm³/mol. The van der Waals surface area contributed by atoms with Crippen LogP contribution < -0.4 is 5.43 Å². The number of aromatic nitrogens is 3. The lowest BCUT2D eigenvalue weighted by Crippen LogP contribution is -2.36. The number of nitrogens with one attached hydrogen (secondary N) is 1. The van der Waals surface area contributed by atoms with Crippen LogP contribution in [-0.4, -0.2) is 26.6 Å². The van der Waals surface area contributed by atoms with Gasteiger partial charge in [-0.15, -0.1) is 5.10 Å². The summed E-state index contributed by atoms with van der Waals surface area (Å²) in [6.07, 6.45) is 6.45. The molecule has 6 heteroatoms. The third-order valence-corrected chi connectivity index (χ3v) is 4.20. The summed E-state index contributed by atoms with van der Waals surface area (Å²) in [6.45, 7) is 0.129. The van der Waals surface area contributed by atoms with E-state index in [4.69, 9.17) is 0 Å². The molecule has 0 radical (unpaired) electrons. The molecule has 0 bridgehead atoms. The summed E-state index contributed by atoms with van der Waals surface area (Å²) in [6, 6.07) is 7.58. The zero-order chi connectivity index (χ0) is 14.2. The number of carbonyl (C=O) groups is 1. The normalized spacial score (nSPS) is 25.0. The van der Waals surface area contributed by atoms with Gasteiger partial charge in [-0.25, -0.2) is 10.1 Å². The number of allylic oxidation sites excluding steroid dienone is 2. The fraction of sp³-hybridized carbons (Fsp3) is 0.333. The first-order valence-electron chi connectivity index (χ1n) is 7.11. The summed E-state index contributed by atoms with van der Waals surface area (Å²) >= 11 is 0. The lowest BCUT2D eigenvalue weighted by molar-refractivity contribution is -0.121. The van der Waals surface area contributed by atoms with E-state index in [1.165, 1.54) is 0 Å². The van der Waals surface area contributed by atoms with Crippen LogP contribution >= 0.6 is 0 Å². The molecule has 21 heavy (non-hydrogen) atoms. The highest BCUT2D eigenvalue weighted by Crippen LogP contribution is 2.39. The Balaban J connectivity index is 1.41. The summed E-state index contributed by atoms with van der Waals surface area (Å²) in [5, 5.41) is 12.3. The Kier molecular flexibility index (Phi) is 2.80. The van der Waals surface area contributed by atoms with Gasteiger partial charge < -0.3 is 0 Å². The first kappa shape index (κ1) is 12.3. The van der Waals surface area contributed by atoms with Gasteiger partial charge in [-0.05, 0) is 30.9 Å². The van der Waals surface area contributed by atoms with Gasteiger partial charge in [0.05, 0.1) is 5.52 Å². The zero-order valence-electron chi connectivity index (χ0n) is 11.4. The largest absolute Gasteiger partial charge is 0.271 e. The number of benzene rings is 1. The van der Waals surface area contributed by atoms with E-state index < -0.39 is 0 Å². The van der Waals surface area contributed by atoms with Crippen LogP contribution in [0.15, 0.2) is 41.5 Å². The van der Waals surface area contributed by atoms with E-state index in [9.17, 15) is 4.79 Å². The number of carbonyl (C=O) groups excluding carboxylic acids is 1. The van der Waals surface area contributed by atoms with E-state index in [1.54, 1.807) is 4.68 Å². The van der Waals surface area contributed by atoms with Crippen molar-refractivity contribution in [1.29, 1.82) is 0 Å². The number of nitrogens with zero attached hydrogens (tertiary/aromatic N) is 4. The van der Waals surface area contributed by atoms with Gasteiger partial charge >= 0.3 is 0 Å². The highest BCUT2D eigenvalue weighted by molar-refractivity contribution is 5.94. The molecule has 0 aliphatic heterocycles. The first-order valence-corrected chi connectivity index (χ1v) is 7.11. The van der Waals surface area contributed by atoms with E-state index in [-0.39, 0.29) is 12.5 Å². The molecule has 1 N–H and O–H groups in total. The van der Waals surface area contributed by atoms with Crippen LogP contribution in [0.3, 0.4) is 0 Å². The first-order chi connectivity index (χ1) is 10.3. The van der Waals surface area contributed by atoms with Crippen LogP contribution in [0.2, 0.25) is 0 Å². The molecule has 1 heterocycles. The van der Waals surface area contributed by atoms with Crippen LogP contribution in [0.5, 0.6) is 0 Å². The lowest BCUT2D eigenvalue weighted by Gasteiger charge is -2.31. The summed E-state index contributed by atoms with van der Waals surface area (Å²) < 4.78 is 1.59. The van der Waals surface area contributed by atoms with Crippen molar-refractivity contribution < 1.29 is 4.79 Å². The van der Waals surface area contributed by atoms with Crippen molar-refractivity contribution in [2.75, 3.05) is 0 Å². The molecular weight excluding hydrogens is 266 g/mol. The number of hydrazone groups is 1. The average molecular weight is 281 g/mol. The third-order valence-electron chi connectivity index (χ3n) is 4.20. The highest BCUT2D eigenvalue weighted by atomic mass is 16.2. The summed E-state index contributed by atoms with van der Waals surface area (Å²) in [5.74, 6) is 0.977. The molecule has 2 atom stereocenters. The molecule has 4 rings (SSSR count). The van der Waals surface area contributed by atoms with Gasteiger partial charge in [0, 0.05) is 11.6 Å². The molecule has 2 aliphatic carbocycles. The Bertz CT molecular complexity index is 760. The maximum absolute atomic E-state index is 12.0. The van der Waals surface area contributed by atoms with Crippen molar-refractivity contribution in [2.45, 2.75) is 19.4 Å². The SMILES string of the molecule is O=C(Cn1nnc2ccccc21)N/N=C1/C[C@@H]2C=CC[C@@H]12. The van der Waals surface area contributed by atoms with E-state index in [0.717, 1.165) is 29.6 Å². The average Bonchev–Trinajstić information content (AvgIpc) is 3.04. The Morgan fingerprint density at radius 3 is 3.24 bits per heavy atom. The monoisotopic (exact) mass is 281 g/mol. The molecule has 1 aromatic heterocycles. The molecule has 1 fully saturated rings. The standard InChI is InChI=1S/C15H15N5O/c21-15(18-16-13-8-10-4-3-5-11(10)13)9-20-14-7-2-1-6-12(14)17-19-20/h1-4,6-7,10-11H,5,8-9H2,(H,18,21)/b16-13-/t10-,11+/m0/s1. The van der Waals surface area contributed by atoms with Crippen LogP contribution in [0.1, 0.15) is 12.8 Å². The third kappa shape index (κ3) is 2.12. The molecule has 0 unspecified atom stereocenters. The fourth-order valence-corrected chi connectivity index (χ4v) is 3.00. The second kappa shape index (κ2) is 4.80. The Labute approximate surface area is 121 Å². The number of hydrogen-bond donors (Lipinski definition) is 1. The fourth-order valence-electron chi connectivity index (χ4n) is 3.00. The van der Waals surface area contributed by atoms with Crippen molar-refractivity contribution in [1.82, 2.24) is 20.4 Å². The maximum Gasteiger partial charge on any atom is 0.261 e.